The number of nitrogens with zero attached hydrogens (tertiary/aromatic N) is 3. The third-order valence-electron chi connectivity index (χ3n) is 5.51. The number of rotatable bonds is 5. The summed E-state index contributed by atoms with van der Waals surface area (Å²) in [4.78, 5) is 21.8. The van der Waals surface area contributed by atoms with Crippen LogP contribution >= 0.6 is 0 Å². The predicted molar refractivity (Wildman–Crippen MR) is 106 cm³/mol. The molecule has 2 aliphatic rings. The number of phenols is 1. The van der Waals surface area contributed by atoms with Gasteiger partial charge in [0, 0.05) is 43.1 Å². The fourth-order valence-electron chi connectivity index (χ4n) is 4.02. The molecule has 2 fully saturated rings. The molecule has 140 valence electrons. The summed E-state index contributed by atoms with van der Waals surface area (Å²) in [6, 6.07) is 13.7. The van der Waals surface area contributed by atoms with Gasteiger partial charge in [-0.2, -0.15) is 0 Å². The third-order valence-corrected chi connectivity index (χ3v) is 5.51. The molecule has 27 heavy (non-hydrogen) atoms. The molecule has 2 bridgehead atoms. The van der Waals surface area contributed by atoms with Gasteiger partial charge >= 0.3 is 0 Å². The first-order valence-corrected chi connectivity index (χ1v) is 9.53. The minimum Gasteiger partial charge on any atom is -0.507 e. The van der Waals surface area contributed by atoms with E-state index < -0.39 is 0 Å². The Morgan fingerprint density at radius 1 is 1.15 bits per heavy atom. The fraction of sp³-hybridized carbons (Fsp3) is 0.364. The first-order valence-electron chi connectivity index (χ1n) is 9.53. The Morgan fingerprint density at radius 3 is 2.67 bits per heavy atom. The Kier molecular flexibility index (Phi) is 4.60. The van der Waals surface area contributed by atoms with Crippen LogP contribution in [-0.4, -0.2) is 45.9 Å². The van der Waals surface area contributed by atoms with Crippen molar-refractivity contribution in [1.82, 2.24) is 9.88 Å². The van der Waals surface area contributed by atoms with E-state index in [-0.39, 0.29) is 11.5 Å². The minimum absolute atomic E-state index is 0.0253. The molecule has 5 heteroatoms. The van der Waals surface area contributed by atoms with Crippen LogP contribution in [0.5, 0.6) is 5.75 Å². The van der Waals surface area contributed by atoms with Crippen molar-refractivity contribution < 1.29 is 9.90 Å². The Hall–Kier alpha value is -2.82. The summed E-state index contributed by atoms with van der Waals surface area (Å²) in [6.45, 7) is 6.14. The van der Waals surface area contributed by atoms with Crippen molar-refractivity contribution >= 4 is 11.6 Å². The summed E-state index contributed by atoms with van der Waals surface area (Å²) in [5.74, 6) is 1.34. The highest BCUT2D eigenvalue weighted by atomic mass is 16.3. The molecule has 0 spiro atoms. The highest BCUT2D eigenvalue weighted by Crippen LogP contribution is 2.34. The van der Waals surface area contributed by atoms with Crippen LogP contribution in [-0.2, 0) is 0 Å². The standard InChI is InChI=1S/C22H25N3O2/c1-15(2)19-7-5-9-22(23-19)25-14-16-12-17(25)13-24(16)11-10-21(27)18-6-3-4-8-20(18)26/h3-11,15-17,26H,12-14H2,1-2H3/b11-10+/t16-,17?/m1/s1. The van der Waals surface area contributed by atoms with Gasteiger partial charge in [-0.1, -0.05) is 32.0 Å². The minimum atomic E-state index is -0.168. The molecular formula is C22H25N3O2. The highest BCUT2D eigenvalue weighted by molar-refractivity contribution is 6.06. The van der Waals surface area contributed by atoms with Crippen LogP contribution in [0.25, 0.3) is 0 Å². The first kappa shape index (κ1) is 17.6. The second-order valence-electron chi connectivity index (χ2n) is 7.66. The van der Waals surface area contributed by atoms with Gasteiger partial charge in [0.15, 0.2) is 5.78 Å². The zero-order chi connectivity index (χ0) is 19.0. The van der Waals surface area contributed by atoms with Gasteiger partial charge < -0.3 is 14.9 Å². The molecule has 0 radical (unpaired) electrons. The van der Waals surface area contributed by atoms with Crippen molar-refractivity contribution in [2.75, 3.05) is 18.0 Å². The SMILES string of the molecule is CC(C)c1cccc(N2C[C@H]3CC2CN3/C=C/C(=O)c2ccccc2O)n1. The van der Waals surface area contributed by atoms with E-state index in [1.165, 1.54) is 6.07 Å². The number of aromatic nitrogens is 1. The summed E-state index contributed by atoms with van der Waals surface area (Å²) in [6.07, 6.45) is 4.54. The molecule has 2 aliphatic heterocycles. The Morgan fingerprint density at radius 2 is 1.96 bits per heavy atom. The average Bonchev–Trinajstić information content (AvgIpc) is 3.27. The van der Waals surface area contributed by atoms with Crippen LogP contribution in [0.1, 0.15) is 42.2 Å². The van der Waals surface area contributed by atoms with Gasteiger partial charge in [0.1, 0.15) is 11.6 Å². The molecule has 1 aromatic carbocycles. The maximum Gasteiger partial charge on any atom is 0.190 e. The lowest BCUT2D eigenvalue weighted by molar-refractivity contribution is 0.104. The van der Waals surface area contributed by atoms with Crippen LogP contribution in [0.4, 0.5) is 5.82 Å². The summed E-state index contributed by atoms with van der Waals surface area (Å²) < 4.78 is 0. The molecule has 1 unspecified atom stereocenters. The maximum absolute atomic E-state index is 12.3. The van der Waals surface area contributed by atoms with Gasteiger partial charge in [-0.05, 0) is 36.6 Å². The number of fused-ring (bicyclic) bond motifs is 2. The van der Waals surface area contributed by atoms with Gasteiger partial charge in [0.25, 0.3) is 0 Å². The number of piperazine rings is 1. The van der Waals surface area contributed by atoms with E-state index in [1.807, 2.05) is 6.20 Å². The summed E-state index contributed by atoms with van der Waals surface area (Å²) in [7, 11) is 0. The highest BCUT2D eigenvalue weighted by Gasteiger charge is 2.42. The molecule has 5 nitrogen and oxygen atoms in total. The van der Waals surface area contributed by atoms with Crippen LogP contribution in [0, 0.1) is 0 Å². The largest absolute Gasteiger partial charge is 0.507 e. The second-order valence-corrected chi connectivity index (χ2v) is 7.66. The van der Waals surface area contributed by atoms with E-state index in [9.17, 15) is 9.90 Å². The number of aromatic hydroxyl groups is 1. The van der Waals surface area contributed by atoms with Crippen molar-refractivity contribution in [3.8, 4) is 5.75 Å². The smallest absolute Gasteiger partial charge is 0.190 e. The zero-order valence-corrected chi connectivity index (χ0v) is 15.7. The van der Waals surface area contributed by atoms with Gasteiger partial charge in [-0.25, -0.2) is 4.98 Å². The Labute approximate surface area is 159 Å². The molecule has 2 saturated heterocycles. The fourth-order valence-corrected chi connectivity index (χ4v) is 4.02. The normalized spacial score (nSPS) is 21.6. The van der Waals surface area contributed by atoms with E-state index in [2.05, 4.69) is 41.8 Å². The molecule has 1 aromatic heterocycles. The number of carbonyl (C=O) groups excluding carboxylic acids is 1. The van der Waals surface area contributed by atoms with E-state index in [0.717, 1.165) is 31.0 Å². The molecule has 2 aromatic rings. The quantitative estimate of drug-likeness (QED) is 0.650. The number of phenolic OH excluding ortho intramolecular Hbond substituents is 1. The lowest BCUT2D eigenvalue weighted by Crippen LogP contribution is -2.44. The molecular weight excluding hydrogens is 338 g/mol. The molecule has 4 rings (SSSR count). The van der Waals surface area contributed by atoms with Gasteiger partial charge in [0.2, 0.25) is 0 Å². The summed E-state index contributed by atoms with van der Waals surface area (Å²) in [5.41, 5.74) is 1.47. The monoisotopic (exact) mass is 363 g/mol. The topological polar surface area (TPSA) is 56.7 Å². The molecule has 2 atom stereocenters. The van der Waals surface area contributed by atoms with Crippen LogP contribution in [0.3, 0.4) is 0 Å². The van der Waals surface area contributed by atoms with Crippen molar-refractivity contribution in [2.45, 2.75) is 38.3 Å². The van der Waals surface area contributed by atoms with Crippen molar-refractivity contribution in [3.05, 3.63) is 66.0 Å². The van der Waals surface area contributed by atoms with Crippen molar-refractivity contribution in [3.63, 3.8) is 0 Å². The number of likely N-dealkylation sites (tertiary alicyclic amines) is 1. The van der Waals surface area contributed by atoms with Gasteiger partial charge in [-0.3, -0.25) is 4.79 Å². The number of anilines is 1. The maximum atomic E-state index is 12.3. The van der Waals surface area contributed by atoms with E-state index in [0.29, 0.717) is 23.6 Å². The predicted octanol–water partition coefficient (Wildman–Crippen LogP) is 3.57. The average molecular weight is 363 g/mol. The molecule has 0 aliphatic carbocycles. The van der Waals surface area contributed by atoms with E-state index >= 15 is 0 Å². The Balaban J connectivity index is 1.42. The van der Waals surface area contributed by atoms with E-state index in [1.54, 1.807) is 24.3 Å². The number of para-hydroxylation sites is 1. The van der Waals surface area contributed by atoms with Crippen LogP contribution in [0.15, 0.2) is 54.7 Å². The number of ketones is 1. The first-order chi connectivity index (χ1) is 13.0. The lowest BCUT2D eigenvalue weighted by atomic mass is 10.1. The lowest BCUT2D eigenvalue weighted by Gasteiger charge is -2.34. The summed E-state index contributed by atoms with van der Waals surface area (Å²) >= 11 is 0. The molecule has 3 heterocycles. The zero-order valence-electron chi connectivity index (χ0n) is 15.7. The van der Waals surface area contributed by atoms with Crippen molar-refractivity contribution in [1.29, 1.82) is 0 Å². The number of allylic oxidation sites excluding steroid dienone is 1. The van der Waals surface area contributed by atoms with Gasteiger partial charge in [-0.15, -0.1) is 0 Å². The molecule has 0 saturated carbocycles. The van der Waals surface area contributed by atoms with Gasteiger partial charge in [0.05, 0.1) is 5.56 Å². The second kappa shape index (κ2) is 7.06. The number of hydrogen-bond donors (Lipinski definition) is 1. The van der Waals surface area contributed by atoms with Crippen LogP contribution < -0.4 is 4.90 Å². The number of carbonyl (C=O) groups is 1. The number of hydrogen-bond acceptors (Lipinski definition) is 5. The van der Waals surface area contributed by atoms with Crippen molar-refractivity contribution in [2.24, 2.45) is 0 Å². The number of pyridine rings is 1. The number of benzene rings is 1. The van der Waals surface area contributed by atoms with Crippen LogP contribution in [0.2, 0.25) is 0 Å². The molecule has 0 amide bonds. The van der Waals surface area contributed by atoms with E-state index in [4.69, 9.17) is 4.98 Å². The Bertz CT molecular complexity index is 877. The molecule has 1 N–H and O–H groups in total. The third kappa shape index (κ3) is 3.42. The summed E-state index contributed by atoms with van der Waals surface area (Å²) in [5, 5.41) is 9.82.